The molecule has 0 saturated heterocycles. The number of esters is 1. The number of rotatable bonds is 12. The van der Waals surface area contributed by atoms with E-state index in [0.717, 1.165) is 23.1 Å². The van der Waals surface area contributed by atoms with Crippen LogP contribution in [0.5, 0.6) is 0 Å². The molecule has 1 N–H and O–H groups in total. The van der Waals surface area contributed by atoms with Gasteiger partial charge < -0.3 is 14.8 Å². The molecule has 0 aliphatic heterocycles. The Morgan fingerprint density at radius 1 is 1.14 bits per heavy atom. The molecule has 1 aromatic heterocycles. The lowest BCUT2D eigenvalue weighted by Crippen LogP contribution is -2.28. The smallest absolute Gasteiger partial charge is 0.335 e. The molecule has 1 atom stereocenters. The van der Waals surface area contributed by atoms with E-state index in [4.69, 9.17) is 9.47 Å². The average molecular weight is 404 g/mol. The van der Waals surface area contributed by atoms with Crippen molar-refractivity contribution in [2.24, 2.45) is 0 Å². The fourth-order valence-corrected chi connectivity index (χ4v) is 3.77. The van der Waals surface area contributed by atoms with Gasteiger partial charge in [0.15, 0.2) is 6.10 Å². The van der Waals surface area contributed by atoms with Crippen LogP contribution in [0.15, 0.2) is 35.7 Å². The second-order valence-electron chi connectivity index (χ2n) is 6.56. The van der Waals surface area contributed by atoms with Crippen molar-refractivity contribution >= 4 is 23.1 Å². The number of benzene rings is 1. The van der Waals surface area contributed by atoms with E-state index in [1.165, 1.54) is 12.0 Å². The van der Waals surface area contributed by atoms with Gasteiger partial charge in [-0.2, -0.15) is 0 Å². The Morgan fingerprint density at radius 3 is 2.54 bits per heavy atom. The fourth-order valence-electron chi connectivity index (χ4n) is 2.91. The number of thiophene rings is 1. The Morgan fingerprint density at radius 2 is 1.89 bits per heavy atom. The molecule has 152 valence electrons. The minimum Gasteiger partial charge on any atom is -0.467 e. The molecule has 0 unspecified atom stereocenters. The molecule has 0 saturated carbocycles. The normalized spacial score (nSPS) is 12.0. The number of ether oxygens (including phenoxy) is 2. The largest absolute Gasteiger partial charge is 0.467 e. The standard InChI is InChI=1S/C22H29NO4S/c1-4-6-19(24)13-23-14-20-12-18(15-28-20)17-9-7-16(8-10-17)11-21(27-5-2)22(25)26-3/h7-10,12,15,21,23H,4-6,11,13-14H2,1-3H3/t21-/m0/s1. The lowest BCUT2D eigenvalue weighted by Gasteiger charge is -2.14. The number of ketones is 1. The highest BCUT2D eigenvalue weighted by atomic mass is 32.1. The van der Waals surface area contributed by atoms with Crippen molar-refractivity contribution in [1.82, 2.24) is 5.32 Å². The highest BCUT2D eigenvalue weighted by Crippen LogP contribution is 2.26. The van der Waals surface area contributed by atoms with Crippen LogP contribution in [0.1, 0.15) is 37.1 Å². The molecule has 0 bridgehead atoms. The van der Waals surface area contributed by atoms with Crippen molar-refractivity contribution in [3.8, 4) is 11.1 Å². The van der Waals surface area contributed by atoms with Crippen molar-refractivity contribution in [2.45, 2.75) is 45.8 Å². The molecule has 28 heavy (non-hydrogen) atoms. The number of hydrogen-bond donors (Lipinski definition) is 1. The Labute approximate surface area is 171 Å². The van der Waals surface area contributed by atoms with Crippen molar-refractivity contribution in [3.63, 3.8) is 0 Å². The Bertz CT molecular complexity index is 754. The average Bonchev–Trinajstić information content (AvgIpc) is 3.16. The third kappa shape index (κ3) is 6.86. The van der Waals surface area contributed by atoms with Gasteiger partial charge >= 0.3 is 5.97 Å². The molecule has 0 amide bonds. The maximum absolute atomic E-state index is 11.8. The summed E-state index contributed by atoms with van der Waals surface area (Å²) in [5, 5.41) is 5.34. The van der Waals surface area contributed by atoms with E-state index >= 15 is 0 Å². The van der Waals surface area contributed by atoms with Gasteiger partial charge in [-0.05, 0) is 41.5 Å². The summed E-state index contributed by atoms with van der Waals surface area (Å²) in [5.41, 5.74) is 3.31. The number of methoxy groups -OCH3 is 1. The summed E-state index contributed by atoms with van der Waals surface area (Å²) >= 11 is 1.68. The highest BCUT2D eigenvalue weighted by Gasteiger charge is 2.19. The molecule has 1 heterocycles. The molecule has 5 nitrogen and oxygen atoms in total. The molecule has 2 rings (SSSR count). The van der Waals surface area contributed by atoms with Crippen LogP contribution < -0.4 is 5.32 Å². The van der Waals surface area contributed by atoms with Crippen LogP contribution in [0.2, 0.25) is 0 Å². The number of Topliss-reactive ketones (excluding diaryl/α,β-unsaturated/α-hetero) is 1. The lowest BCUT2D eigenvalue weighted by atomic mass is 10.0. The summed E-state index contributed by atoms with van der Waals surface area (Å²) in [5.74, 6) is -0.0921. The molecule has 0 spiro atoms. The van der Waals surface area contributed by atoms with E-state index in [1.54, 1.807) is 11.3 Å². The van der Waals surface area contributed by atoms with E-state index in [2.05, 4.69) is 28.9 Å². The maximum Gasteiger partial charge on any atom is 0.335 e. The molecule has 0 aliphatic carbocycles. The Balaban J connectivity index is 1.93. The minimum atomic E-state index is -0.574. The monoisotopic (exact) mass is 403 g/mol. The minimum absolute atomic E-state index is 0.257. The third-order valence-electron chi connectivity index (χ3n) is 4.34. The third-order valence-corrected chi connectivity index (χ3v) is 5.28. The maximum atomic E-state index is 11.8. The van der Waals surface area contributed by atoms with Gasteiger partial charge in [0.25, 0.3) is 0 Å². The second-order valence-corrected chi connectivity index (χ2v) is 7.56. The van der Waals surface area contributed by atoms with Gasteiger partial charge in [0.05, 0.1) is 13.7 Å². The number of hydrogen-bond acceptors (Lipinski definition) is 6. The van der Waals surface area contributed by atoms with Crippen molar-refractivity contribution in [2.75, 3.05) is 20.3 Å². The van der Waals surface area contributed by atoms with E-state index < -0.39 is 6.10 Å². The molecule has 6 heteroatoms. The summed E-state index contributed by atoms with van der Waals surface area (Å²) in [6, 6.07) is 10.3. The number of nitrogens with one attached hydrogen (secondary N) is 1. The van der Waals surface area contributed by atoms with Crippen molar-refractivity contribution in [3.05, 3.63) is 46.2 Å². The molecule has 0 fully saturated rings. The predicted molar refractivity (Wildman–Crippen MR) is 113 cm³/mol. The van der Waals surface area contributed by atoms with Gasteiger partial charge in [-0.15, -0.1) is 11.3 Å². The van der Waals surface area contributed by atoms with Crippen LogP contribution in [-0.2, 0) is 32.0 Å². The lowest BCUT2D eigenvalue weighted by molar-refractivity contribution is -0.153. The van der Waals surface area contributed by atoms with Gasteiger partial charge in [-0.25, -0.2) is 4.79 Å². The zero-order chi connectivity index (χ0) is 20.4. The highest BCUT2D eigenvalue weighted by molar-refractivity contribution is 7.10. The second kappa shape index (κ2) is 11.7. The molecular weight excluding hydrogens is 374 g/mol. The van der Waals surface area contributed by atoms with Crippen LogP contribution in [-0.4, -0.2) is 38.1 Å². The quantitative estimate of drug-likeness (QED) is 0.543. The van der Waals surface area contributed by atoms with Crippen LogP contribution in [0.4, 0.5) is 0 Å². The molecule has 1 aromatic carbocycles. The Hall–Kier alpha value is -2.02. The van der Waals surface area contributed by atoms with Gasteiger partial charge in [-0.1, -0.05) is 31.2 Å². The summed E-state index contributed by atoms with van der Waals surface area (Å²) < 4.78 is 10.3. The van der Waals surface area contributed by atoms with E-state index in [9.17, 15) is 9.59 Å². The fraction of sp³-hybridized carbons (Fsp3) is 0.455. The van der Waals surface area contributed by atoms with E-state index in [0.29, 0.717) is 32.5 Å². The van der Waals surface area contributed by atoms with Crippen molar-refractivity contribution in [1.29, 1.82) is 0 Å². The zero-order valence-corrected chi connectivity index (χ0v) is 17.6. The molecule has 0 aliphatic rings. The first-order valence-corrected chi connectivity index (χ1v) is 10.5. The summed E-state index contributed by atoms with van der Waals surface area (Å²) in [6.45, 7) is 5.47. The summed E-state index contributed by atoms with van der Waals surface area (Å²) in [7, 11) is 1.38. The first-order valence-electron chi connectivity index (χ1n) is 9.65. The first-order chi connectivity index (χ1) is 13.6. The van der Waals surface area contributed by atoms with Crippen LogP contribution >= 0.6 is 11.3 Å². The topological polar surface area (TPSA) is 64.6 Å². The van der Waals surface area contributed by atoms with Crippen LogP contribution in [0, 0.1) is 0 Å². The van der Waals surface area contributed by atoms with Crippen molar-refractivity contribution < 1.29 is 19.1 Å². The first kappa shape index (κ1) is 22.3. The zero-order valence-electron chi connectivity index (χ0n) is 16.8. The number of carbonyl (C=O) groups is 2. The van der Waals surface area contributed by atoms with Gasteiger partial charge in [0, 0.05) is 30.9 Å². The van der Waals surface area contributed by atoms with Crippen LogP contribution in [0.25, 0.3) is 11.1 Å². The summed E-state index contributed by atoms with van der Waals surface area (Å²) in [4.78, 5) is 24.6. The predicted octanol–water partition coefficient (Wildman–Crippen LogP) is 3.99. The molecular formula is C22H29NO4S. The Kier molecular flexibility index (Phi) is 9.34. The van der Waals surface area contributed by atoms with E-state index in [-0.39, 0.29) is 11.8 Å². The van der Waals surface area contributed by atoms with Gasteiger partial charge in [0.1, 0.15) is 5.78 Å². The SMILES string of the molecule is CCCC(=O)CNCc1cc(-c2ccc(C[C@H](OCC)C(=O)OC)cc2)cs1. The molecule has 2 aromatic rings. The number of carbonyl (C=O) groups excluding carboxylic acids is 2. The van der Waals surface area contributed by atoms with Gasteiger partial charge in [-0.3, -0.25) is 4.79 Å². The molecule has 0 radical (unpaired) electrons. The van der Waals surface area contributed by atoms with Gasteiger partial charge in [0.2, 0.25) is 0 Å². The van der Waals surface area contributed by atoms with E-state index in [1.807, 2.05) is 26.0 Å². The summed E-state index contributed by atoms with van der Waals surface area (Å²) in [6.07, 6.45) is 1.45. The van der Waals surface area contributed by atoms with Crippen LogP contribution in [0.3, 0.4) is 0 Å².